The van der Waals surface area contributed by atoms with Crippen LogP contribution in [0.4, 0.5) is 11.5 Å². The number of nitrogens with one attached hydrogen (secondary N) is 2. The van der Waals surface area contributed by atoms with Gasteiger partial charge in [0.25, 0.3) is 0 Å². The van der Waals surface area contributed by atoms with Crippen LogP contribution in [0.25, 0.3) is 38.3 Å². The van der Waals surface area contributed by atoms with E-state index in [9.17, 15) is 0 Å². The summed E-state index contributed by atoms with van der Waals surface area (Å²) >= 11 is 1.85. The summed E-state index contributed by atoms with van der Waals surface area (Å²) in [6.45, 7) is 7.85. The molecule has 0 amide bonds. The van der Waals surface area contributed by atoms with Crippen molar-refractivity contribution in [2.24, 2.45) is 0 Å². The Labute approximate surface area is 179 Å². The largest absolute Gasteiger partial charge is 0.382 e. The van der Waals surface area contributed by atoms with Gasteiger partial charge in [-0.1, -0.05) is 6.58 Å². The number of aromatic nitrogens is 3. The Morgan fingerprint density at radius 1 is 1.20 bits per heavy atom. The zero-order valence-electron chi connectivity index (χ0n) is 17.4. The minimum Gasteiger partial charge on any atom is -0.382 e. The number of hydrogen-bond donors (Lipinski definition) is 2. The molecule has 6 nitrogen and oxygen atoms in total. The Balaban J connectivity index is 1.70. The standard InChI is InChI=1S/C23H24N6S/c1-5-14-10-16(23(28-27-14)29(3)4)18-7-6-15-17(26-18)8-9-19-21(15)22-20(30-19)12-24-13(2)11-25-22/h5-10,13,24-25H,1,11-12H2,2-4H3/t13-/m1/s1. The highest BCUT2D eigenvalue weighted by Crippen LogP contribution is 2.41. The highest BCUT2D eigenvalue weighted by Gasteiger charge is 2.20. The summed E-state index contributed by atoms with van der Waals surface area (Å²) in [6, 6.07) is 11.0. The second kappa shape index (κ2) is 7.34. The molecule has 0 saturated carbocycles. The molecule has 0 radical (unpaired) electrons. The topological polar surface area (TPSA) is 66.0 Å². The summed E-state index contributed by atoms with van der Waals surface area (Å²) in [5.41, 5.74) is 4.80. The Morgan fingerprint density at radius 2 is 2.07 bits per heavy atom. The summed E-state index contributed by atoms with van der Waals surface area (Å²) in [5, 5.41) is 18.3. The maximum atomic E-state index is 5.01. The van der Waals surface area contributed by atoms with E-state index >= 15 is 0 Å². The second-order valence-corrected chi connectivity index (χ2v) is 9.01. The van der Waals surface area contributed by atoms with E-state index in [0.29, 0.717) is 6.04 Å². The zero-order chi connectivity index (χ0) is 20.8. The van der Waals surface area contributed by atoms with Crippen molar-refractivity contribution >= 4 is 49.9 Å². The third kappa shape index (κ3) is 3.11. The molecular formula is C23H24N6S. The van der Waals surface area contributed by atoms with Crippen molar-refractivity contribution in [1.82, 2.24) is 20.5 Å². The van der Waals surface area contributed by atoms with Gasteiger partial charge in [-0.2, -0.15) is 0 Å². The van der Waals surface area contributed by atoms with Crippen LogP contribution in [0.1, 0.15) is 17.5 Å². The predicted octanol–water partition coefficient (Wildman–Crippen LogP) is 4.52. The van der Waals surface area contributed by atoms with Gasteiger partial charge < -0.3 is 15.5 Å². The van der Waals surface area contributed by atoms with Gasteiger partial charge in [0, 0.05) is 59.1 Å². The molecule has 152 valence electrons. The molecule has 2 N–H and O–H groups in total. The van der Waals surface area contributed by atoms with Crippen LogP contribution >= 0.6 is 11.3 Å². The molecule has 4 heterocycles. The lowest BCUT2D eigenvalue weighted by Gasteiger charge is -2.16. The van der Waals surface area contributed by atoms with Crippen LogP contribution in [0.2, 0.25) is 0 Å². The van der Waals surface area contributed by atoms with Crippen molar-refractivity contribution in [3.63, 3.8) is 0 Å². The van der Waals surface area contributed by atoms with Crippen LogP contribution in [-0.2, 0) is 6.54 Å². The lowest BCUT2D eigenvalue weighted by Crippen LogP contribution is -2.29. The van der Waals surface area contributed by atoms with Gasteiger partial charge in [0.1, 0.15) is 0 Å². The molecule has 0 fully saturated rings. The van der Waals surface area contributed by atoms with Gasteiger partial charge >= 0.3 is 0 Å². The fourth-order valence-electron chi connectivity index (χ4n) is 3.92. The Kier molecular flexibility index (Phi) is 4.64. The maximum Gasteiger partial charge on any atom is 0.160 e. The van der Waals surface area contributed by atoms with Crippen LogP contribution in [0.3, 0.4) is 0 Å². The predicted molar refractivity (Wildman–Crippen MR) is 127 cm³/mol. The van der Waals surface area contributed by atoms with Gasteiger partial charge in [0.15, 0.2) is 5.82 Å². The Bertz CT molecular complexity index is 1280. The molecular weight excluding hydrogens is 392 g/mol. The normalized spacial score (nSPS) is 16.2. The van der Waals surface area contributed by atoms with Gasteiger partial charge in [-0.05, 0) is 43.3 Å². The molecule has 5 rings (SSSR count). The summed E-state index contributed by atoms with van der Waals surface area (Å²) in [7, 11) is 3.93. The first-order valence-electron chi connectivity index (χ1n) is 10.1. The molecule has 1 aromatic carbocycles. The van der Waals surface area contributed by atoms with E-state index in [-0.39, 0.29) is 0 Å². The average molecular weight is 417 g/mol. The minimum absolute atomic E-state index is 0.446. The number of hydrogen-bond acceptors (Lipinski definition) is 7. The van der Waals surface area contributed by atoms with E-state index in [1.54, 1.807) is 6.08 Å². The van der Waals surface area contributed by atoms with Crippen LogP contribution in [0.5, 0.6) is 0 Å². The highest BCUT2D eigenvalue weighted by atomic mass is 32.1. The van der Waals surface area contributed by atoms with E-state index in [0.717, 1.165) is 41.4 Å². The van der Waals surface area contributed by atoms with Gasteiger partial charge in [0.05, 0.1) is 22.6 Å². The van der Waals surface area contributed by atoms with Crippen LogP contribution in [0.15, 0.2) is 36.9 Å². The summed E-state index contributed by atoms with van der Waals surface area (Å²) in [5.74, 6) is 0.791. The van der Waals surface area contributed by atoms with E-state index in [1.807, 2.05) is 36.4 Å². The summed E-state index contributed by atoms with van der Waals surface area (Å²) < 4.78 is 1.29. The molecule has 0 unspecified atom stereocenters. The van der Waals surface area contributed by atoms with Gasteiger partial charge in [0.2, 0.25) is 0 Å². The number of benzene rings is 1. The third-order valence-corrected chi connectivity index (χ3v) is 6.65. The lowest BCUT2D eigenvalue weighted by atomic mass is 10.1. The molecule has 7 heteroatoms. The monoisotopic (exact) mass is 416 g/mol. The number of thiophene rings is 1. The van der Waals surface area contributed by atoms with Crippen molar-refractivity contribution in [2.45, 2.75) is 19.5 Å². The van der Waals surface area contributed by atoms with Crippen molar-refractivity contribution in [1.29, 1.82) is 0 Å². The van der Waals surface area contributed by atoms with Crippen molar-refractivity contribution in [2.75, 3.05) is 30.9 Å². The summed E-state index contributed by atoms with van der Waals surface area (Å²) in [6.07, 6.45) is 1.71. The fraction of sp³-hybridized carbons (Fsp3) is 0.261. The van der Waals surface area contributed by atoms with E-state index in [4.69, 9.17) is 4.98 Å². The maximum absolute atomic E-state index is 5.01. The molecule has 0 bridgehead atoms. The Hall–Kier alpha value is -3.03. The highest BCUT2D eigenvalue weighted by molar-refractivity contribution is 7.20. The van der Waals surface area contributed by atoms with E-state index < -0.39 is 0 Å². The van der Waals surface area contributed by atoms with E-state index in [1.165, 1.54) is 26.0 Å². The third-order valence-electron chi connectivity index (χ3n) is 5.49. The molecule has 0 spiro atoms. The fourth-order valence-corrected chi connectivity index (χ4v) is 5.07. The smallest absolute Gasteiger partial charge is 0.160 e. The second-order valence-electron chi connectivity index (χ2n) is 7.87. The first-order chi connectivity index (χ1) is 14.5. The van der Waals surface area contributed by atoms with Gasteiger partial charge in [-0.15, -0.1) is 21.5 Å². The van der Waals surface area contributed by atoms with E-state index in [2.05, 4.69) is 58.6 Å². The molecule has 4 aromatic rings. The molecule has 1 aliphatic heterocycles. The van der Waals surface area contributed by atoms with Crippen molar-refractivity contribution in [3.05, 3.63) is 47.5 Å². The zero-order valence-corrected chi connectivity index (χ0v) is 18.2. The quantitative estimate of drug-likeness (QED) is 0.512. The molecule has 1 atom stereocenters. The number of nitrogens with zero attached hydrogens (tertiary/aromatic N) is 4. The number of fused-ring (bicyclic) bond motifs is 5. The minimum atomic E-state index is 0.446. The van der Waals surface area contributed by atoms with Gasteiger partial charge in [-0.25, -0.2) is 4.98 Å². The first kappa shape index (κ1) is 19.0. The SMILES string of the molecule is C=Cc1cc(-c2ccc3c(ccc4sc5c(c43)NC[C@@H](C)NC5)n2)c(N(C)C)nn1. The number of rotatable bonds is 3. The Morgan fingerprint density at radius 3 is 2.87 bits per heavy atom. The number of anilines is 2. The summed E-state index contributed by atoms with van der Waals surface area (Å²) in [4.78, 5) is 8.33. The van der Waals surface area contributed by atoms with Crippen molar-refractivity contribution < 1.29 is 0 Å². The lowest BCUT2D eigenvalue weighted by molar-refractivity contribution is 0.584. The van der Waals surface area contributed by atoms with Crippen LogP contribution in [-0.4, -0.2) is 41.9 Å². The molecule has 30 heavy (non-hydrogen) atoms. The van der Waals surface area contributed by atoms with Crippen LogP contribution in [0, 0.1) is 0 Å². The van der Waals surface area contributed by atoms with Crippen LogP contribution < -0.4 is 15.5 Å². The number of pyridine rings is 1. The molecule has 0 saturated heterocycles. The molecule has 0 aliphatic carbocycles. The average Bonchev–Trinajstić information content (AvgIpc) is 3.03. The molecule has 3 aromatic heterocycles. The first-order valence-corrected chi connectivity index (χ1v) is 10.9. The van der Waals surface area contributed by atoms with Gasteiger partial charge in [-0.3, -0.25) is 0 Å². The van der Waals surface area contributed by atoms with Crippen molar-refractivity contribution in [3.8, 4) is 11.3 Å². The molecule has 1 aliphatic rings.